The van der Waals surface area contributed by atoms with Crippen LogP contribution in [0.1, 0.15) is 19.4 Å². The van der Waals surface area contributed by atoms with Gasteiger partial charge in [0, 0.05) is 12.0 Å². The Hall–Kier alpha value is -1.98. The highest BCUT2D eigenvalue weighted by Crippen LogP contribution is 2.21. The Kier molecular flexibility index (Phi) is 4.58. The van der Waals surface area contributed by atoms with Gasteiger partial charge in [-0.25, -0.2) is 8.78 Å². The minimum atomic E-state index is -1.13. The average molecular weight is 271 g/mol. The van der Waals surface area contributed by atoms with E-state index in [0.717, 1.165) is 12.1 Å². The fourth-order valence-corrected chi connectivity index (χ4v) is 1.43. The van der Waals surface area contributed by atoms with Gasteiger partial charge in [0.25, 0.3) is 0 Å². The zero-order chi connectivity index (χ0) is 14.7. The molecule has 6 heteroatoms. The monoisotopic (exact) mass is 271 g/mol. The maximum atomic E-state index is 13.5. The van der Waals surface area contributed by atoms with E-state index in [9.17, 15) is 18.4 Å². The molecule has 1 aromatic carbocycles. The van der Waals surface area contributed by atoms with Gasteiger partial charge in [-0.1, -0.05) is 13.8 Å². The fourth-order valence-electron chi connectivity index (χ4n) is 1.43. The van der Waals surface area contributed by atoms with Crippen LogP contribution in [0.4, 0.5) is 14.5 Å². The number of carbonyl (C=O) groups is 2. The molecule has 19 heavy (non-hydrogen) atoms. The Labute approximate surface area is 109 Å². The second-order valence-corrected chi connectivity index (χ2v) is 4.49. The van der Waals surface area contributed by atoms with E-state index < -0.39 is 35.3 Å². The maximum absolute atomic E-state index is 13.5. The summed E-state index contributed by atoms with van der Waals surface area (Å²) in [6.45, 7) is 4.19. The molecule has 0 bridgehead atoms. The highest BCUT2D eigenvalue weighted by molar-refractivity contribution is 5.94. The zero-order valence-corrected chi connectivity index (χ0v) is 10.8. The highest BCUT2D eigenvalue weighted by Gasteiger charge is 2.26. The topological polar surface area (TPSA) is 66.4 Å². The molecule has 0 aliphatic heterocycles. The molecule has 0 aliphatic rings. The molecule has 2 unspecified atom stereocenters. The van der Waals surface area contributed by atoms with E-state index in [0.29, 0.717) is 0 Å². The number of anilines is 1. The Morgan fingerprint density at radius 1 is 1.16 bits per heavy atom. The summed E-state index contributed by atoms with van der Waals surface area (Å²) in [4.78, 5) is 22.5. The van der Waals surface area contributed by atoms with Gasteiger partial charge in [0.2, 0.25) is 5.91 Å². The molecule has 2 N–H and O–H groups in total. The Morgan fingerprint density at radius 3 is 2.26 bits per heavy atom. The van der Waals surface area contributed by atoms with Crippen LogP contribution in [0.2, 0.25) is 0 Å². The van der Waals surface area contributed by atoms with E-state index >= 15 is 0 Å². The van der Waals surface area contributed by atoms with Crippen LogP contribution >= 0.6 is 0 Å². The molecule has 0 heterocycles. The number of nitrogens with one attached hydrogen (secondary N) is 1. The molecule has 0 saturated carbocycles. The van der Waals surface area contributed by atoms with Crippen molar-refractivity contribution in [2.45, 2.75) is 20.8 Å². The predicted molar refractivity (Wildman–Crippen MR) is 65.7 cm³/mol. The van der Waals surface area contributed by atoms with Crippen LogP contribution in [0, 0.1) is 30.4 Å². The van der Waals surface area contributed by atoms with Gasteiger partial charge in [-0.2, -0.15) is 0 Å². The summed E-state index contributed by atoms with van der Waals surface area (Å²) in [5.41, 5.74) is -0.167. The lowest BCUT2D eigenvalue weighted by Crippen LogP contribution is -2.30. The fraction of sp³-hybridized carbons (Fsp3) is 0.385. The van der Waals surface area contributed by atoms with Gasteiger partial charge in [0.15, 0.2) is 0 Å². The van der Waals surface area contributed by atoms with Crippen molar-refractivity contribution in [1.82, 2.24) is 0 Å². The van der Waals surface area contributed by atoms with E-state index in [1.165, 1.54) is 20.8 Å². The highest BCUT2D eigenvalue weighted by atomic mass is 19.1. The lowest BCUT2D eigenvalue weighted by Gasteiger charge is -2.16. The molecule has 0 fully saturated rings. The first-order valence-corrected chi connectivity index (χ1v) is 5.73. The van der Waals surface area contributed by atoms with Gasteiger partial charge in [-0.15, -0.1) is 0 Å². The van der Waals surface area contributed by atoms with Crippen molar-refractivity contribution in [1.29, 1.82) is 0 Å². The number of rotatable bonds is 4. The molecule has 2 atom stereocenters. The van der Waals surface area contributed by atoms with Gasteiger partial charge in [0.1, 0.15) is 11.6 Å². The SMILES string of the molecule is Cc1cc(F)c(NC(=O)C(C)C(C)C(=O)O)cc1F. The largest absolute Gasteiger partial charge is 0.481 e. The molecule has 1 amide bonds. The summed E-state index contributed by atoms with van der Waals surface area (Å²) in [5, 5.41) is 11.0. The number of halogens is 2. The molecule has 0 spiro atoms. The van der Waals surface area contributed by atoms with Crippen molar-refractivity contribution in [3.8, 4) is 0 Å². The smallest absolute Gasteiger partial charge is 0.307 e. The molecule has 104 valence electrons. The quantitative estimate of drug-likeness (QED) is 0.884. The van der Waals surface area contributed by atoms with Gasteiger partial charge < -0.3 is 10.4 Å². The van der Waals surface area contributed by atoms with Crippen molar-refractivity contribution in [3.05, 3.63) is 29.3 Å². The molecular formula is C13H15F2NO3. The number of amides is 1. The van der Waals surface area contributed by atoms with Crippen molar-refractivity contribution in [2.24, 2.45) is 11.8 Å². The van der Waals surface area contributed by atoms with Crippen molar-refractivity contribution < 1.29 is 23.5 Å². The number of aryl methyl sites for hydroxylation is 1. The first-order valence-electron chi connectivity index (χ1n) is 5.73. The lowest BCUT2D eigenvalue weighted by molar-refractivity contribution is -0.145. The average Bonchev–Trinajstić information content (AvgIpc) is 2.33. The zero-order valence-electron chi connectivity index (χ0n) is 10.8. The second kappa shape index (κ2) is 5.77. The van der Waals surface area contributed by atoms with E-state index in [1.54, 1.807) is 0 Å². The molecule has 1 rings (SSSR count). The summed E-state index contributed by atoms with van der Waals surface area (Å²) < 4.78 is 26.8. The first-order chi connectivity index (χ1) is 8.73. The number of hydrogen-bond acceptors (Lipinski definition) is 2. The Morgan fingerprint density at radius 2 is 1.74 bits per heavy atom. The van der Waals surface area contributed by atoms with Gasteiger partial charge >= 0.3 is 5.97 Å². The number of carboxylic acids is 1. The van der Waals surface area contributed by atoms with Crippen LogP contribution in [0.3, 0.4) is 0 Å². The van der Waals surface area contributed by atoms with Crippen LogP contribution in [0.5, 0.6) is 0 Å². The van der Waals surface area contributed by atoms with Crippen LogP contribution in [-0.2, 0) is 9.59 Å². The molecular weight excluding hydrogens is 256 g/mol. The van der Waals surface area contributed by atoms with Crippen LogP contribution in [0.25, 0.3) is 0 Å². The minimum Gasteiger partial charge on any atom is -0.481 e. The number of carboxylic acid groups (broad SMARTS) is 1. The molecule has 1 aromatic rings. The Balaban J connectivity index is 2.88. The van der Waals surface area contributed by atoms with E-state index in [1.807, 2.05) is 0 Å². The first kappa shape index (κ1) is 15.1. The summed E-state index contributed by atoms with van der Waals surface area (Å²) in [5.74, 6) is -4.98. The second-order valence-electron chi connectivity index (χ2n) is 4.49. The van der Waals surface area contributed by atoms with Crippen molar-refractivity contribution in [2.75, 3.05) is 5.32 Å². The molecule has 0 aromatic heterocycles. The van der Waals surface area contributed by atoms with Gasteiger partial charge in [-0.05, 0) is 18.6 Å². The number of carbonyl (C=O) groups excluding carboxylic acids is 1. The predicted octanol–water partition coefficient (Wildman–Crippen LogP) is 2.57. The standard InChI is InChI=1S/C13H15F2NO3/c1-6-4-10(15)11(5-9(6)14)16-12(17)7(2)8(3)13(18)19/h4-5,7-8H,1-3H3,(H,16,17)(H,18,19). The Bertz CT molecular complexity index is 517. The van der Waals surface area contributed by atoms with Gasteiger partial charge in [0.05, 0.1) is 11.6 Å². The molecule has 0 radical (unpaired) electrons. The minimum absolute atomic E-state index is 0.127. The normalized spacial score (nSPS) is 13.7. The third kappa shape index (κ3) is 3.49. The summed E-state index contributed by atoms with van der Waals surface area (Å²) in [6, 6.07) is 1.84. The van der Waals surface area contributed by atoms with Crippen LogP contribution in [-0.4, -0.2) is 17.0 Å². The van der Waals surface area contributed by atoms with E-state index in [2.05, 4.69) is 5.32 Å². The third-order valence-electron chi connectivity index (χ3n) is 3.06. The van der Waals surface area contributed by atoms with E-state index in [-0.39, 0.29) is 11.3 Å². The summed E-state index contributed by atoms with van der Waals surface area (Å²) in [7, 11) is 0. The maximum Gasteiger partial charge on any atom is 0.307 e. The van der Waals surface area contributed by atoms with Crippen LogP contribution < -0.4 is 5.32 Å². The summed E-state index contributed by atoms with van der Waals surface area (Å²) in [6.07, 6.45) is 0. The molecule has 0 saturated heterocycles. The summed E-state index contributed by atoms with van der Waals surface area (Å²) >= 11 is 0. The van der Waals surface area contributed by atoms with Gasteiger partial charge in [-0.3, -0.25) is 9.59 Å². The van der Waals surface area contributed by atoms with Crippen molar-refractivity contribution >= 4 is 17.6 Å². The van der Waals surface area contributed by atoms with E-state index in [4.69, 9.17) is 5.11 Å². The van der Waals surface area contributed by atoms with Crippen molar-refractivity contribution in [3.63, 3.8) is 0 Å². The number of benzene rings is 1. The number of hydrogen-bond donors (Lipinski definition) is 2. The molecule has 0 aliphatic carbocycles. The number of aliphatic carboxylic acids is 1. The molecule has 4 nitrogen and oxygen atoms in total. The van der Waals surface area contributed by atoms with Crippen LogP contribution in [0.15, 0.2) is 12.1 Å². The third-order valence-corrected chi connectivity index (χ3v) is 3.06. The lowest BCUT2D eigenvalue weighted by atomic mass is 9.95.